The van der Waals surface area contributed by atoms with Crippen LogP contribution in [0.15, 0.2) is 42.6 Å². The van der Waals surface area contributed by atoms with Gasteiger partial charge in [0.25, 0.3) is 0 Å². The molecule has 1 heterocycles. The number of H-pyrrole nitrogens is 1. The molecule has 3 aromatic rings. The molecule has 6 heteroatoms. The van der Waals surface area contributed by atoms with Gasteiger partial charge >= 0.3 is 6.03 Å². The van der Waals surface area contributed by atoms with E-state index < -0.39 is 18.2 Å². The van der Waals surface area contributed by atoms with Gasteiger partial charge < -0.3 is 10.6 Å². The van der Waals surface area contributed by atoms with Crippen molar-refractivity contribution in [3.8, 4) is 0 Å². The largest absolute Gasteiger partial charge is 0.328 e. The van der Waals surface area contributed by atoms with E-state index >= 15 is 0 Å². The fraction of sp³-hybridized carbons (Fsp3) is 0.333. The number of nitrogens with one attached hydrogen (secondary N) is 3. The maximum absolute atomic E-state index is 14.7. The highest BCUT2D eigenvalue weighted by Crippen LogP contribution is 2.36. The summed E-state index contributed by atoms with van der Waals surface area (Å²) >= 11 is 0. The SMILES string of the molecule is CC(C)(C)c1ccc2c(c1)C[C@@H](F)[C@@H]2NC(=O)Nc1cccc2[nH]ncc12. The number of carbonyl (C=O) groups excluding carboxylic acids is 1. The van der Waals surface area contributed by atoms with Gasteiger partial charge in [-0.05, 0) is 34.2 Å². The van der Waals surface area contributed by atoms with Crippen LogP contribution in [0.2, 0.25) is 0 Å². The number of fused-ring (bicyclic) bond motifs is 2. The topological polar surface area (TPSA) is 69.8 Å². The summed E-state index contributed by atoms with van der Waals surface area (Å²) in [6.45, 7) is 6.41. The van der Waals surface area contributed by atoms with Crippen LogP contribution in [0.25, 0.3) is 10.9 Å². The number of aromatic nitrogens is 2. The molecule has 0 saturated heterocycles. The Morgan fingerprint density at radius 3 is 2.85 bits per heavy atom. The molecule has 0 radical (unpaired) electrons. The van der Waals surface area contributed by atoms with Crippen molar-refractivity contribution < 1.29 is 9.18 Å². The first-order chi connectivity index (χ1) is 12.8. The number of amides is 2. The Labute approximate surface area is 157 Å². The number of aromatic amines is 1. The zero-order valence-electron chi connectivity index (χ0n) is 15.6. The summed E-state index contributed by atoms with van der Waals surface area (Å²) in [6, 6.07) is 10.5. The summed E-state index contributed by atoms with van der Waals surface area (Å²) in [4.78, 5) is 12.5. The summed E-state index contributed by atoms with van der Waals surface area (Å²) in [6.07, 6.45) is 0.842. The Kier molecular flexibility index (Phi) is 4.13. The van der Waals surface area contributed by atoms with Crippen molar-refractivity contribution in [2.24, 2.45) is 0 Å². The molecule has 2 amide bonds. The van der Waals surface area contributed by atoms with Gasteiger partial charge in [-0.1, -0.05) is 45.0 Å². The molecular weight excluding hydrogens is 343 g/mol. The predicted octanol–water partition coefficient (Wildman–Crippen LogP) is 4.62. The second kappa shape index (κ2) is 6.37. The fourth-order valence-electron chi connectivity index (χ4n) is 3.62. The minimum absolute atomic E-state index is 0.00695. The van der Waals surface area contributed by atoms with Crippen molar-refractivity contribution in [2.45, 2.75) is 44.8 Å². The molecule has 0 unspecified atom stereocenters. The Balaban J connectivity index is 1.53. The van der Waals surface area contributed by atoms with E-state index in [9.17, 15) is 9.18 Å². The van der Waals surface area contributed by atoms with Crippen molar-refractivity contribution in [1.29, 1.82) is 0 Å². The zero-order chi connectivity index (χ0) is 19.2. The number of halogens is 1. The van der Waals surface area contributed by atoms with Gasteiger partial charge in [-0.25, -0.2) is 9.18 Å². The lowest BCUT2D eigenvalue weighted by atomic mass is 9.85. The van der Waals surface area contributed by atoms with Gasteiger partial charge in [0.2, 0.25) is 0 Å². The smallest absolute Gasteiger partial charge is 0.319 e. The van der Waals surface area contributed by atoms with Crippen LogP contribution in [0.5, 0.6) is 0 Å². The third-order valence-corrected chi connectivity index (χ3v) is 5.14. The van der Waals surface area contributed by atoms with Gasteiger partial charge in [-0.15, -0.1) is 0 Å². The lowest BCUT2D eigenvalue weighted by Gasteiger charge is -2.21. The van der Waals surface area contributed by atoms with Crippen LogP contribution < -0.4 is 10.6 Å². The summed E-state index contributed by atoms with van der Waals surface area (Å²) in [5.74, 6) is 0. The number of nitrogens with zero attached hydrogens (tertiary/aromatic N) is 1. The third kappa shape index (κ3) is 3.27. The summed E-state index contributed by atoms with van der Waals surface area (Å²) < 4.78 is 14.7. The van der Waals surface area contributed by atoms with Crippen LogP contribution in [-0.4, -0.2) is 22.4 Å². The Hall–Kier alpha value is -2.89. The molecule has 0 spiro atoms. The monoisotopic (exact) mass is 366 g/mol. The van der Waals surface area contributed by atoms with E-state index in [0.29, 0.717) is 12.1 Å². The molecule has 0 bridgehead atoms. The summed E-state index contributed by atoms with van der Waals surface area (Å²) in [5, 5.41) is 13.3. The van der Waals surface area contributed by atoms with Gasteiger partial charge in [0.1, 0.15) is 6.17 Å². The molecule has 0 fully saturated rings. The van der Waals surface area contributed by atoms with Crippen molar-refractivity contribution >= 4 is 22.6 Å². The average Bonchev–Trinajstić information content (AvgIpc) is 3.19. The first-order valence-electron chi connectivity index (χ1n) is 9.10. The Morgan fingerprint density at radius 1 is 1.26 bits per heavy atom. The van der Waals surface area contributed by atoms with E-state index in [2.05, 4.69) is 47.7 Å². The van der Waals surface area contributed by atoms with Gasteiger partial charge in [0, 0.05) is 11.8 Å². The van der Waals surface area contributed by atoms with E-state index in [4.69, 9.17) is 0 Å². The maximum Gasteiger partial charge on any atom is 0.319 e. The van der Waals surface area contributed by atoms with Gasteiger partial charge in [0.05, 0.1) is 23.4 Å². The number of alkyl halides is 1. The molecule has 3 N–H and O–H groups in total. The van der Waals surface area contributed by atoms with Crippen molar-refractivity contribution in [3.05, 3.63) is 59.3 Å². The molecule has 1 aliphatic carbocycles. The number of urea groups is 1. The number of hydrogen-bond donors (Lipinski definition) is 3. The lowest BCUT2D eigenvalue weighted by molar-refractivity contribution is 0.232. The molecule has 2 atom stereocenters. The predicted molar refractivity (Wildman–Crippen MR) is 105 cm³/mol. The molecule has 0 aliphatic heterocycles. The van der Waals surface area contributed by atoms with Crippen LogP contribution in [0.1, 0.15) is 43.5 Å². The molecular formula is C21H23FN4O. The molecule has 1 aliphatic rings. The third-order valence-electron chi connectivity index (χ3n) is 5.14. The average molecular weight is 366 g/mol. The minimum Gasteiger partial charge on any atom is -0.328 e. The van der Waals surface area contributed by atoms with Crippen LogP contribution >= 0.6 is 0 Å². The number of rotatable bonds is 2. The Morgan fingerprint density at radius 2 is 2.07 bits per heavy atom. The first-order valence-corrected chi connectivity index (χ1v) is 9.10. The molecule has 140 valence electrons. The highest BCUT2D eigenvalue weighted by Gasteiger charge is 2.34. The molecule has 1 aromatic heterocycles. The van der Waals surface area contributed by atoms with E-state index in [1.807, 2.05) is 24.3 Å². The molecule has 5 nitrogen and oxygen atoms in total. The Bertz CT molecular complexity index is 1000. The van der Waals surface area contributed by atoms with E-state index in [0.717, 1.165) is 22.0 Å². The molecule has 0 saturated carbocycles. The molecule has 27 heavy (non-hydrogen) atoms. The van der Waals surface area contributed by atoms with Gasteiger partial charge in [-0.2, -0.15) is 5.10 Å². The minimum atomic E-state index is -1.13. The number of hydrogen-bond acceptors (Lipinski definition) is 2. The van der Waals surface area contributed by atoms with Crippen LogP contribution in [0.3, 0.4) is 0 Å². The van der Waals surface area contributed by atoms with Crippen molar-refractivity contribution in [2.75, 3.05) is 5.32 Å². The lowest BCUT2D eigenvalue weighted by Crippen LogP contribution is -2.35. The van der Waals surface area contributed by atoms with Crippen LogP contribution in [-0.2, 0) is 11.8 Å². The molecule has 2 aromatic carbocycles. The number of carbonyl (C=O) groups is 1. The first kappa shape index (κ1) is 17.5. The highest BCUT2D eigenvalue weighted by molar-refractivity contribution is 6.00. The normalized spacial score (nSPS) is 19.1. The summed E-state index contributed by atoms with van der Waals surface area (Å²) in [5.41, 5.74) is 4.47. The van der Waals surface area contributed by atoms with Crippen LogP contribution in [0, 0.1) is 0 Å². The van der Waals surface area contributed by atoms with E-state index in [1.165, 1.54) is 5.56 Å². The highest BCUT2D eigenvalue weighted by atomic mass is 19.1. The second-order valence-electron chi connectivity index (χ2n) is 8.10. The standard InChI is InChI=1S/C21H23FN4O/c1-21(2,3)13-7-8-14-12(9-13)10-16(22)19(14)25-20(27)24-17-5-4-6-18-15(17)11-23-26-18/h4-9,11,16,19H,10H2,1-3H3,(H,23,26)(H2,24,25,27)/t16-,19-/m1/s1. The fourth-order valence-corrected chi connectivity index (χ4v) is 3.62. The van der Waals surface area contributed by atoms with Crippen molar-refractivity contribution in [3.63, 3.8) is 0 Å². The van der Waals surface area contributed by atoms with E-state index in [1.54, 1.807) is 12.3 Å². The maximum atomic E-state index is 14.7. The molecule has 4 rings (SSSR count). The second-order valence-corrected chi connectivity index (χ2v) is 8.10. The van der Waals surface area contributed by atoms with Gasteiger partial charge in [0.15, 0.2) is 0 Å². The quantitative estimate of drug-likeness (QED) is 0.619. The van der Waals surface area contributed by atoms with E-state index in [-0.39, 0.29) is 5.41 Å². The number of anilines is 1. The van der Waals surface area contributed by atoms with Crippen LogP contribution in [0.4, 0.5) is 14.9 Å². The van der Waals surface area contributed by atoms with Crippen molar-refractivity contribution in [1.82, 2.24) is 15.5 Å². The van der Waals surface area contributed by atoms with Gasteiger partial charge in [-0.3, -0.25) is 5.10 Å². The zero-order valence-corrected chi connectivity index (χ0v) is 15.6. The summed E-state index contributed by atoms with van der Waals surface area (Å²) in [7, 11) is 0. The number of benzene rings is 2.